The summed E-state index contributed by atoms with van der Waals surface area (Å²) in [6, 6.07) is 5.72. The molecule has 2 heterocycles. The maximum atomic E-state index is 12.4. The molecule has 0 radical (unpaired) electrons. The highest BCUT2D eigenvalue weighted by atomic mass is 16.2. The first-order chi connectivity index (χ1) is 9.15. The van der Waals surface area contributed by atoms with E-state index in [1.54, 1.807) is 6.33 Å². The minimum Gasteiger partial charge on any atom is -0.345 e. The predicted octanol–water partition coefficient (Wildman–Crippen LogP) is 1.37. The number of benzene rings is 1. The average molecular weight is 258 g/mol. The molecule has 1 amide bonds. The number of fused-ring (bicyclic) bond motifs is 1. The highest BCUT2D eigenvalue weighted by molar-refractivity contribution is 5.97. The van der Waals surface area contributed by atoms with E-state index < -0.39 is 0 Å². The summed E-state index contributed by atoms with van der Waals surface area (Å²) >= 11 is 0. The Labute approximate surface area is 111 Å². The summed E-state index contributed by atoms with van der Waals surface area (Å²) in [5.74, 6) is 0.500. The molecule has 1 fully saturated rings. The normalized spacial score (nSPS) is 20.9. The molecule has 19 heavy (non-hydrogen) atoms. The van der Waals surface area contributed by atoms with Gasteiger partial charge in [0.2, 0.25) is 0 Å². The third-order valence-electron chi connectivity index (χ3n) is 3.92. The Morgan fingerprint density at radius 1 is 1.58 bits per heavy atom. The van der Waals surface area contributed by atoms with Crippen LogP contribution in [0, 0.1) is 5.92 Å². The number of nitrogens with zero attached hydrogens (tertiary/aromatic N) is 2. The molecule has 100 valence electrons. The maximum absolute atomic E-state index is 12.4. The van der Waals surface area contributed by atoms with Crippen molar-refractivity contribution in [1.29, 1.82) is 0 Å². The van der Waals surface area contributed by atoms with Crippen molar-refractivity contribution in [2.45, 2.75) is 19.4 Å². The van der Waals surface area contributed by atoms with Crippen LogP contribution in [0.1, 0.15) is 23.7 Å². The fourth-order valence-electron chi connectivity index (χ4n) is 2.65. The topological polar surface area (TPSA) is 75.0 Å². The van der Waals surface area contributed by atoms with Crippen molar-refractivity contribution in [3.8, 4) is 0 Å². The third-order valence-corrected chi connectivity index (χ3v) is 3.92. The van der Waals surface area contributed by atoms with Gasteiger partial charge < -0.3 is 15.6 Å². The summed E-state index contributed by atoms with van der Waals surface area (Å²) in [6.07, 6.45) is 2.64. The second-order valence-corrected chi connectivity index (χ2v) is 5.29. The highest BCUT2D eigenvalue weighted by Gasteiger charge is 2.28. The van der Waals surface area contributed by atoms with Crippen molar-refractivity contribution in [2.24, 2.45) is 11.7 Å². The van der Waals surface area contributed by atoms with Crippen LogP contribution in [0.3, 0.4) is 0 Å². The number of nitrogens with one attached hydrogen (secondary N) is 1. The second kappa shape index (κ2) is 4.66. The molecule has 5 nitrogen and oxygen atoms in total. The smallest absolute Gasteiger partial charge is 0.253 e. The van der Waals surface area contributed by atoms with Gasteiger partial charge in [-0.15, -0.1) is 0 Å². The molecule has 3 rings (SSSR count). The lowest BCUT2D eigenvalue weighted by atomic mass is 10.0. The minimum atomic E-state index is 0.0830. The fraction of sp³-hybridized carbons (Fsp3) is 0.429. The first kappa shape index (κ1) is 12.2. The number of aromatic amines is 1. The van der Waals surface area contributed by atoms with E-state index in [1.807, 2.05) is 30.0 Å². The van der Waals surface area contributed by atoms with Crippen LogP contribution in [-0.4, -0.2) is 39.9 Å². The first-order valence-electron chi connectivity index (χ1n) is 6.63. The summed E-state index contributed by atoms with van der Waals surface area (Å²) in [7, 11) is 0. The van der Waals surface area contributed by atoms with Gasteiger partial charge in [-0.1, -0.05) is 0 Å². The zero-order chi connectivity index (χ0) is 13.4. The third kappa shape index (κ3) is 2.21. The van der Waals surface area contributed by atoms with Crippen LogP contribution in [0.2, 0.25) is 0 Å². The Morgan fingerprint density at radius 3 is 3.16 bits per heavy atom. The molecule has 1 aliphatic rings. The van der Waals surface area contributed by atoms with Gasteiger partial charge in [0.1, 0.15) is 0 Å². The molecule has 0 saturated carbocycles. The van der Waals surface area contributed by atoms with E-state index in [2.05, 4.69) is 9.97 Å². The van der Waals surface area contributed by atoms with E-state index in [1.165, 1.54) is 0 Å². The Bertz CT molecular complexity index is 604. The van der Waals surface area contributed by atoms with Gasteiger partial charge in [0.25, 0.3) is 5.91 Å². The second-order valence-electron chi connectivity index (χ2n) is 5.29. The number of carbonyl (C=O) groups is 1. The van der Waals surface area contributed by atoms with Crippen LogP contribution in [-0.2, 0) is 0 Å². The predicted molar refractivity (Wildman–Crippen MR) is 73.8 cm³/mol. The van der Waals surface area contributed by atoms with Gasteiger partial charge in [-0.25, -0.2) is 4.98 Å². The van der Waals surface area contributed by atoms with Gasteiger partial charge in [-0.3, -0.25) is 4.79 Å². The summed E-state index contributed by atoms with van der Waals surface area (Å²) in [5, 5.41) is 0. The summed E-state index contributed by atoms with van der Waals surface area (Å²) < 4.78 is 0. The number of likely N-dealkylation sites (tertiary alicyclic amines) is 1. The molecule has 5 heteroatoms. The van der Waals surface area contributed by atoms with Gasteiger partial charge in [0.05, 0.1) is 17.4 Å². The molecule has 0 bridgehead atoms. The number of amides is 1. The number of hydrogen-bond acceptors (Lipinski definition) is 3. The van der Waals surface area contributed by atoms with Gasteiger partial charge in [0.15, 0.2) is 0 Å². The Kier molecular flexibility index (Phi) is 2.98. The number of hydrogen-bond donors (Lipinski definition) is 2. The van der Waals surface area contributed by atoms with Crippen molar-refractivity contribution in [3.05, 3.63) is 30.1 Å². The van der Waals surface area contributed by atoms with Crippen molar-refractivity contribution >= 4 is 16.9 Å². The molecule has 1 aliphatic heterocycles. The minimum absolute atomic E-state index is 0.0830. The molecule has 2 unspecified atom stereocenters. The number of carbonyl (C=O) groups excluding carboxylic acids is 1. The summed E-state index contributed by atoms with van der Waals surface area (Å²) in [4.78, 5) is 21.5. The monoisotopic (exact) mass is 258 g/mol. The standard InChI is InChI=1S/C14H18N4O/c1-9(15)11-4-5-18(7-11)14(19)10-2-3-12-13(6-10)17-8-16-12/h2-3,6,8-9,11H,4-5,7,15H2,1H3,(H,16,17). The molecule has 0 spiro atoms. The SMILES string of the molecule is CC(N)C1CCN(C(=O)c2ccc3nc[nH]c3c2)C1. The highest BCUT2D eigenvalue weighted by Crippen LogP contribution is 2.21. The van der Waals surface area contributed by atoms with Gasteiger partial charge >= 0.3 is 0 Å². The Balaban J connectivity index is 1.80. The van der Waals surface area contributed by atoms with E-state index in [0.717, 1.165) is 30.5 Å². The Morgan fingerprint density at radius 2 is 2.42 bits per heavy atom. The van der Waals surface area contributed by atoms with Gasteiger partial charge in [-0.2, -0.15) is 0 Å². The lowest BCUT2D eigenvalue weighted by Gasteiger charge is -2.18. The van der Waals surface area contributed by atoms with Crippen molar-refractivity contribution in [1.82, 2.24) is 14.9 Å². The van der Waals surface area contributed by atoms with Crippen molar-refractivity contribution < 1.29 is 4.79 Å². The molecular formula is C14H18N4O. The molecule has 0 aliphatic carbocycles. The van der Waals surface area contributed by atoms with E-state index in [9.17, 15) is 4.79 Å². The maximum Gasteiger partial charge on any atom is 0.253 e. The average Bonchev–Trinajstić information content (AvgIpc) is 3.06. The van der Waals surface area contributed by atoms with E-state index in [-0.39, 0.29) is 11.9 Å². The molecule has 1 aromatic carbocycles. The molecule has 3 N–H and O–H groups in total. The van der Waals surface area contributed by atoms with Crippen LogP contribution in [0.25, 0.3) is 11.0 Å². The molecule has 1 aromatic heterocycles. The van der Waals surface area contributed by atoms with E-state index in [4.69, 9.17) is 5.73 Å². The van der Waals surface area contributed by atoms with Crippen LogP contribution < -0.4 is 5.73 Å². The molecular weight excluding hydrogens is 240 g/mol. The quantitative estimate of drug-likeness (QED) is 0.854. The first-order valence-corrected chi connectivity index (χ1v) is 6.63. The number of rotatable bonds is 2. The van der Waals surface area contributed by atoms with E-state index in [0.29, 0.717) is 11.5 Å². The van der Waals surface area contributed by atoms with Crippen molar-refractivity contribution in [2.75, 3.05) is 13.1 Å². The molecule has 1 saturated heterocycles. The largest absolute Gasteiger partial charge is 0.345 e. The lowest BCUT2D eigenvalue weighted by Crippen LogP contribution is -2.32. The van der Waals surface area contributed by atoms with Gasteiger partial charge in [0, 0.05) is 24.7 Å². The zero-order valence-electron chi connectivity index (χ0n) is 11.0. The van der Waals surface area contributed by atoms with Crippen LogP contribution in [0.5, 0.6) is 0 Å². The number of nitrogens with two attached hydrogens (primary N) is 1. The van der Waals surface area contributed by atoms with Crippen LogP contribution in [0.4, 0.5) is 0 Å². The summed E-state index contributed by atoms with van der Waals surface area (Å²) in [5.41, 5.74) is 8.40. The van der Waals surface area contributed by atoms with E-state index >= 15 is 0 Å². The zero-order valence-corrected chi connectivity index (χ0v) is 11.0. The number of aromatic nitrogens is 2. The number of imidazole rings is 1. The van der Waals surface area contributed by atoms with Gasteiger partial charge in [-0.05, 0) is 37.5 Å². The number of H-pyrrole nitrogens is 1. The summed E-state index contributed by atoms with van der Waals surface area (Å²) in [6.45, 7) is 3.57. The van der Waals surface area contributed by atoms with Crippen LogP contribution in [0.15, 0.2) is 24.5 Å². The Hall–Kier alpha value is -1.88. The molecule has 2 atom stereocenters. The fourth-order valence-corrected chi connectivity index (χ4v) is 2.65. The molecule has 2 aromatic rings. The van der Waals surface area contributed by atoms with Crippen molar-refractivity contribution in [3.63, 3.8) is 0 Å². The lowest BCUT2D eigenvalue weighted by molar-refractivity contribution is 0.0786. The van der Waals surface area contributed by atoms with Crippen LogP contribution >= 0.6 is 0 Å².